The van der Waals surface area contributed by atoms with E-state index in [1.165, 1.54) is 21.9 Å². The van der Waals surface area contributed by atoms with Gasteiger partial charge in [-0.15, -0.1) is 0 Å². The van der Waals surface area contributed by atoms with Crippen molar-refractivity contribution in [3.05, 3.63) is 60.9 Å². The molecule has 15 heavy (non-hydrogen) atoms. The first-order chi connectivity index (χ1) is 7.43. The molecular formula is C14H11N. The Labute approximate surface area is 88.4 Å². The first-order valence-corrected chi connectivity index (χ1v) is 5.05. The first kappa shape index (κ1) is 8.30. The van der Waals surface area contributed by atoms with Crippen molar-refractivity contribution in [3.63, 3.8) is 0 Å². The highest BCUT2D eigenvalue weighted by Gasteiger charge is 1.98. The van der Waals surface area contributed by atoms with E-state index in [1.807, 2.05) is 12.4 Å². The molecule has 1 aromatic heterocycles. The minimum absolute atomic E-state index is 1.24. The number of nitrogens with one attached hydrogen (secondary N) is 1. The summed E-state index contributed by atoms with van der Waals surface area (Å²) < 4.78 is 0. The SMILES string of the molecule is c1ccc2cc(-c3cc[nH]c3)ccc2c1. The molecule has 0 saturated carbocycles. The topological polar surface area (TPSA) is 15.8 Å². The monoisotopic (exact) mass is 193 g/mol. The maximum absolute atomic E-state index is 3.08. The second-order valence-electron chi connectivity index (χ2n) is 3.66. The Morgan fingerprint density at radius 1 is 0.733 bits per heavy atom. The minimum Gasteiger partial charge on any atom is -0.367 e. The van der Waals surface area contributed by atoms with Gasteiger partial charge in [0.25, 0.3) is 0 Å². The molecule has 0 atom stereocenters. The van der Waals surface area contributed by atoms with E-state index in [9.17, 15) is 0 Å². The normalized spacial score (nSPS) is 10.7. The largest absolute Gasteiger partial charge is 0.367 e. The average molecular weight is 193 g/mol. The van der Waals surface area contributed by atoms with E-state index in [2.05, 4.69) is 53.5 Å². The van der Waals surface area contributed by atoms with Crippen molar-refractivity contribution in [2.24, 2.45) is 0 Å². The van der Waals surface area contributed by atoms with E-state index in [4.69, 9.17) is 0 Å². The molecule has 0 aliphatic carbocycles. The van der Waals surface area contributed by atoms with Crippen LogP contribution in [0.15, 0.2) is 60.9 Å². The van der Waals surface area contributed by atoms with E-state index >= 15 is 0 Å². The molecule has 0 fully saturated rings. The molecule has 2 aromatic carbocycles. The molecule has 72 valence electrons. The molecule has 3 aromatic rings. The van der Waals surface area contributed by atoms with Crippen LogP contribution < -0.4 is 0 Å². The summed E-state index contributed by atoms with van der Waals surface area (Å²) in [6.45, 7) is 0. The van der Waals surface area contributed by atoms with Crippen LogP contribution in [0.2, 0.25) is 0 Å². The van der Waals surface area contributed by atoms with Gasteiger partial charge in [0.15, 0.2) is 0 Å². The molecule has 0 aliphatic heterocycles. The fourth-order valence-electron chi connectivity index (χ4n) is 1.87. The number of aromatic nitrogens is 1. The van der Waals surface area contributed by atoms with Crippen LogP contribution in [-0.4, -0.2) is 4.98 Å². The van der Waals surface area contributed by atoms with Crippen molar-refractivity contribution in [3.8, 4) is 11.1 Å². The third kappa shape index (κ3) is 1.42. The van der Waals surface area contributed by atoms with Crippen LogP contribution in [0.25, 0.3) is 21.9 Å². The predicted octanol–water partition coefficient (Wildman–Crippen LogP) is 3.83. The summed E-state index contributed by atoms with van der Waals surface area (Å²) in [6.07, 6.45) is 3.97. The van der Waals surface area contributed by atoms with Gasteiger partial charge in [-0.25, -0.2) is 0 Å². The van der Waals surface area contributed by atoms with Crippen molar-refractivity contribution >= 4 is 10.8 Å². The third-order valence-electron chi connectivity index (χ3n) is 2.68. The Kier molecular flexibility index (Phi) is 1.82. The van der Waals surface area contributed by atoms with Crippen LogP contribution in [0.3, 0.4) is 0 Å². The van der Waals surface area contributed by atoms with Crippen molar-refractivity contribution in [1.82, 2.24) is 4.98 Å². The van der Waals surface area contributed by atoms with Crippen molar-refractivity contribution in [2.75, 3.05) is 0 Å². The Balaban J connectivity index is 2.22. The van der Waals surface area contributed by atoms with Gasteiger partial charge in [-0.1, -0.05) is 36.4 Å². The fraction of sp³-hybridized carbons (Fsp3) is 0. The maximum atomic E-state index is 3.08. The van der Waals surface area contributed by atoms with Gasteiger partial charge in [0.1, 0.15) is 0 Å². The number of aromatic amines is 1. The summed E-state index contributed by atoms with van der Waals surface area (Å²) in [5.74, 6) is 0. The second kappa shape index (κ2) is 3.28. The van der Waals surface area contributed by atoms with E-state index < -0.39 is 0 Å². The fourth-order valence-corrected chi connectivity index (χ4v) is 1.87. The van der Waals surface area contributed by atoms with Crippen molar-refractivity contribution in [1.29, 1.82) is 0 Å². The molecule has 0 unspecified atom stereocenters. The van der Waals surface area contributed by atoms with Crippen LogP contribution in [-0.2, 0) is 0 Å². The molecule has 0 bridgehead atoms. The maximum Gasteiger partial charge on any atom is 0.00841 e. The lowest BCUT2D eigenvalue weighted by molar-refractivity contribution is 1.41. The summed E-state index contributed by atoms with van der Waals surface area (Å²) >= 11 is 0. The van der Waals surface area contributed by atoms with Gasteiger partial charge < -0.3 is 4.98 Å². The lowest BCUT2D eigenvalue weighted by atomic mass is 10.0. The molecule has 1 nitrogen and oxygen atoms in total. The average Bonchev–Trinajstić information content (AvgIpc) is 2.82. The van der Waals surface area contributed by atoms with E-state index in [-0.39, 0.29) is 0 Å². The lowest BCUT2D eigenvalue weighted by Gasteiger charge is -2.01. The minimum atomic E-state index is 1.24. The number of hydrogen-bond donors (Lipinski definition) is 1. The van der Waals surface area contributed by atoms with Crippen molar-refractivity contribution in [2.45, 2.75) is 0 Å². The summed E-state index contributed by atoms with van der Waals surface area (Å²) in [5.41, 5.74) is 2.50. The van der Waals surface area contributed by atoms with Gasteiger partial charge >= 0.3 is 0 Å². The molecule has 0 radical (unpaired) electrons. The van der Waals surface area contributed by atoms with Gasteiger partial charge in [-0.05, 0) is 34.0 Å². The zero-order chi connectivity index (χ0) is 10.1. The summed E-state index contributed by atoms with van der Waals surface area (Å²) in [7, 11) is 0. The van der Waals surface area contributed by atoms with E-state index in [1.54, 1.807) is 0 Å². The summed E-state index contributed by atoms with van der Waals surface area (Å²) in [4.78, 5) is 3.08. The highest BCUT2D eigenvalue weighted by Crippen LogP contribution is 2.23. The Bertz CT molecular complexity index is 579. The Morgan fingerprint density at radius 2 is 1.60 bits per heavy atom. The second-order valence-corrected chi connectivity index (χ2v) is 3.66. The molecule has 0 saturated heterocycles. The van der Waals surface area contributed by atoms with Gasteiger partial charge in [-0.2, -0.15) is 0 Å². The summed E-state index contributed by atoms with van der Waals surface area (Å²) in [6, 6.07) is 17.1. The van der Waals surface area contributed by atoms with Gasteiger partial charge in [0.2, 0.25) is 0 Å². The third-order valence-corrected chi connectivity index (χ3v) is 2.68. The standard InChI is InChI=1S/C14H11N/c1-2-4-12-9-13(6-5-11(12)3-1)14-7-8-15-10-14/h1-10,15H. The highest BCUT2D eigenvalue weighted by atomic mass is 14.6. The molecule has 0 aliphatic rings. The zero-order valence-corrected chi connectivity index (χ0v) is 8.27. The van der Waals surface area contributed by atoms with Crippen LogP contribution in [0.5, 0.6) is 0 Å². The zero-order valence-electron chi connectivity index (χ0n) is 8.27. The van der Waals surface area contributed by atoms with E-state index in [0.29, 0.717) is 0 Å². The highest BCUT2D eigenvalue weighted by molar-refractivity contribution is 5.87. The van der Waals surface area contributed by atoms with Crippen LogP contribution >= 0.6 is 0 Å². The van der Waals surface area contributed by atoms with Crippen LogP contribution in [0.4, 0.5) is 0 Å². The van der Waals surface area contributed by atoms with Crippen molar-refractivity contribution < 1.29 is 0 Å². The van der Waals surface area contributed by atoms with Gasteiger partial charge in [0.05, 0.1) is 0 Å². The van der Waals surface area contributed by atoms with Gasteiger partial charge in [0, 0.05) is 12.4 Å². The number of hydrogen-bond acceptors (Lipinski definition) is 0. The smallest absolute Gasteiger partial charge is 0.00841 e. The molecule has 0 amide bonds. The summed E-state index contributed by atoms with van der Waals surface area (Å²) in [5, 5.41) is 2.58. The molecule has 1 heterocycles. The van der Waals surface area contributed by atoms with Crippen LogP contribution in [0, 0.1) is 0 Å². The number of H-pyrrole nitrogens is 1. The van der Waals surface area contributed by atoms with E-state index in [0.717, 1.165) is 0 Å². The number of benzene rings is 2. The Morgan fingerprint density at radius 3 is 2.40 bits per heavy atom. The first-order valence-electron chi connectivity index (χ1n) is 5.05. The number of rotatable bonds is 1. The lowest BCUT2D eigenvalue weighted by Crippen LogP contribution is -1.75. The number of fused-ring (bicyclic) bond motifs is 1. The predicted molar refractivity (Wildman–Crippen MR) is 63.7 cm³/mol. The molecule has 0 spiro atoms. The van der Waals surface area contributed by atoms with Crippen LogP contribution in [0.1, 0.15) is 0 Å². The van der Waals surface area contributed by atoms with Gasteiger partial charge in [-0.3, -0.25) is 0 Å². The molecule has 3 rings (SSSR count). The Hall–Kier alpha value is -2.02. The quantitative estimate of drug-likeness (QED) is 0.604. The molecular weight excluding hydrogens is 182 g/mol. The molecule has 1 heteroatoms. The molecule has 1 N–H and O–H groups in total.